The summed E-state index contributed by atoms with van der Waals surface area (Å²) in [5, 5.41) is 0.658. The molecular formula is C19H19N3O3S. The Balaban J connectivity index is 1.73. The van der Waals surface area contributed by atoms with Crippen molar-refractivity contribution in [3.63, 3.8) is 0 Å². The first-order chi connectivity index (χ1) is 12.6. The van der Waals surface area contributed by atoms with Gasteiger partial charge in [0.05, 0.1) is 12.5 Å². The monoisotopic (exact) mass is 369 g/mol. The van der Waals surface area contributed by atoms with Crippen molar-refractivity contribution in [2.45, 2.75) is 32.6 Å². The Bertz CT molecular complexity index is 1050. The number of rotatable bonds is 3. The van der Waals surface area contributed by atoms with Crippen molar-refractivity contribution in [2.75, 3.05) is 12.5 Å². The molecule has 0 radical (unpaired) electrons. The minimum Gasteiger partial charge on any atom is -0.497 e. The fourth-order valence-electron chi connectivity index (χ4n) is 3.35. The summed E-state index contributed by atoms with van der Waals surface area (Å²) in [6.45, 7) is 1.73. The normalized spacial score (nSPS) is 13.5. The zero-order valence-corrected chi connectivity index (χ0v) is 15.5. The van der Waals surface area contributed by atoms with Crippen molar-refractivity contribution in [3.8, 4) is 5.75 Å². The van der Waals surface area contributed by atoms with Gasteiger partial charge in [0.25, 0.3) is 11.5 Å². The largest absolute Gasteiger partial charge is 0.497 e. The number of aryl methyl sites for hydroxylation is 3. The van der Waals surface area contributed by atoms with Crippen molar-refractivity contribution in [1.82, 2.24) is 9.66 Å². The zero-order valence-electron chi connectivity index (χ0n) is 14.7. The molecule has 134 valence electrons. The van der Waals surface area contributed by atoms with E-state index in [-0.39, 0.29) is 11.5 Å². The van der Waals surface area contributed by atoms with E-state index in [1.54, 1.807) is 49.6 Å². The summed E-state index contributed by atoms with van der Waals surface area (Å²) in [5.74, 6) is 0.786. The molecule has 0 unspecified atom stereocenters. The first-order valence-corrected chi connectivity index (χ1v) is 9.39. The van der Waals surface area contributed by atoms with Gasteiger partial charge in [0, 0.05) is 10.4 Å². The van der Waals surface area contributed by atoms with Gasteiger partial charge in [-0.15, -0.1) is 11.3 Å². The van der Waals surface area contributed by atoms with Crippen LogP contribution in [0.15, 0.2) is 29.1 Å². The minimum atomic E-state index is -0.358. The molecule has 1 N–H and O–H groups in total. The van der Waals surface area contributed by atoms with Crippen molar-refractivity contribution >= 4 is 27.5 Å². The van der Waals surface area contributed by atoms with E-state index in [9.17, 15) is 9.59 Å². The summed E-state index contributed by atoms with van der Waals surface area (Å²) in [6, 6.07) is 6.74. The third-order valence-electron chi connectivity index (χ3n) is 4.72. The second-order valence-corrected chi connectivity index (χ2v) is 7.44. The Labute approximate surface area is 154 Å². The number of nitrogens with zero attached hydrogens (tertiary/aromatic N) is 2. The number of aromatic nitrogens is 2. The van der Waals surface area contributed by atoms with E-state index in [2.05, 4.69) is 10.4 Å². The average molecular weight is 369 g/mol. The van der Waals surface area contributed by atoms with Crippen molar-refractivity contribution in [1.29, 1.82) is 0 Å². The van der Waals surface area contributed by atoms with E-state index < -0.39 is 0 Å². The van der Waals surface area contributed by atoms with E-state index in [0.717, 1.165) is 36.1 Å². The topological polar surface area (TPSA) is 73.2 Å². The third kappa shape index (κ3) is 2.78. The number of thiophene rings is 1. The van der Waals surface area contributed by atoms with Gasteiger partial charge >= 0.3 is 0 Å². The highest BCUT2D eigenvalue weighted by Gasteiger charge is 2.22. The summed E-state index contributed by atoms with van der Waals surface area (Å²) in [4.78, 5) is 32.2. The standard InChI is InChI=1S/C19H19N3O3S/c1-11-20-18-16(14-5-3-4-6-15(14)26-18)19(24)22(11)21-17(23)12-7-9-13(25-2)10-8-12/h7-10H,3-6H2,1-2H3,(H,21,23). The molecule has 4 rings (SSSR count). The molecule has 1 aromatic carbocycles. The number of methoxy groups -OCH3 is 1. The summed E-state index contributed by atoms with van der Waals surface area (Å²) >= 11 is 1.61. The average Bonchev–Trinajstić information content (AvgIpc) is 3.03. The lowest BCUT2D eigenvalue weighted by Gasteiger charge is -2.13. The van der Waals surface area contributed by atoms with Gasteiger partial charge in [-0.25, -0.2) is 9.66 Å². The van der Waals surface area contributed by atoms with Gasteiger partial charge < -0.3 is 4.74 Å². The van der Waals surface area contributed by atoms with Crippen molar-refractivity contribution < 1.29 is 9.53 Å². The second-order valence-electron chi connectivity index (χ2n) is 6.36. The van der Waals surface area contributed by atoms with E-state index >= 15 is 0 Å². The van der Waals surface area contributed by atoms with Gasteiger partial charge in [-0.3, -0.25) is 15.0 Å². The maximum absolute atomic E-state index is 13.0. The Morgan fingerprint density at radius 2 is 1.96 bits per heavy atom. The molecule has 0 bridgehead atoms. The Hall–Kier alpha value is -2.67. The van der Waals surface area contributed by atoms with Gasteiger partial charge in [0.15, 0.2) is 0 Å². The van der Waals surface area contributed by atoms with E-state index in [1.165, 1.54) is 9.55 Å². The number of amides is 1. The molecule has 0 aliphatic heterocycles. The number of hydrogen-bond donors (Lipinski definition) is 1. The second kappa shape index (κ2) is 6.57. The van der Waals surface area contributed by atoms with Crippen molar-refractivity contribution in [3.05, 3.63) is 56.4 Å². The molecule has 7 heteroatoms. The smallest absolute Gasteiger partial charge is 0.281 e. The molecule has 0 saturated carbocycles. The van der Waals surface area contributed by atoms with Crippen LogP contribution in [0.5, 0.6) is 5.75 Å². The number of nitrogens with one attached hydrogen (secondary N) is 1. The highest BCUT2D eigenvalue weighted by molar-refractivity contribution is 7.18. The Morgan fingerprint density at radius 1 is 1.23 bits per heavy atom. The van der Waals surface area contributed by atoms with Crippen LogP contribution in [0.3, 0.4) is 0 Å². The van der Waals surface area contributed by atoms with Crippen LogP contribution >= 0.6 is 11.3 Å². The maximum Gasteiger partial charge on any atom is 0.281 e. The fraction of sp³-hybridized carbons (Fsp3) is 0.316. The molecule has 2 aromatic heterocycles. The van der Waals surface area contributed by atoms with Gasteiger partial charge in [0.1, 0.15) is 16.4 Å². The van der Waals surface area contributed by atoms with E-state index in [0.29, 0.717) is 22.5 Å². The lowest BCUT2D eigenvalue weighted by atomic mass is 9.97. The van der Waals surface area contributed by atoms with Crippen LogP contribution in [-0.2, 0) is 12.8 Å². The first-order valence-electron chi connectivity index (χ1n) is 8.58. The number of hydrogen-bond acceptors (Lipinski definition) is 5. The van der Waals surface area contributed by atoms with Gasteiger partial charge in [-0.1, -0.05) is 0 Å². The maximum atomic E-state index is 13.0. The molecule has 0 atom stereocenters. The van der Waals surface area contributed by atoms with Crippen molar-refractivity contribution in [2.24, 2.45) is 0 Å². The van der Waals surface area contributed by atoms with Gasteiger partial charge in [0.2, 0.25) is 0 Å². The molecule has 1 aliphatic rings. The molecule has 2 heterocycles. The molecule has 6 nitrogen and oxygen atoms in total. The van der Waals surface area contributed by atoms with E-state index in [4.69, 9.17) is 4.74 Å². The molecule has 1 amide bonds. The van der Waals surface area contributed by atoms with Crippen LogP contribution in [0, 0.1) is 6.92 Å². The number of fused-ring (bicyclic) bond motifs is 3. The fourth-order valence-corrected chi connectivity index (χ4v) is 4.64. The highest BCUT2D eigenvalue weighted by atomic mass is 32.1. The summed E-state index contributed by atoms with van der Waals surface area (Å²) in [6.07, 6.45) is 4.15. The zero-order chi connectivity index (χ0) is 18.3. The van der Waals surface area contributed by atoms with E-state index in [1.807, 2.05) is 0 Å². The van der Waals surface area contributed by atoms with Crippen LogP contribution in [0.2, 0.25) is 0 Å². The van der Waals surface area contributed by atoms with Crippen LogP contribution in [0.4, 0.5) is 0 Å². The van der Waals surface area contributed by atoms with Crippen LogP contribution in [-0.4, -0.2) is 22.7 Å². The molecule has 1 aliphatic carbocycles. The summed E-state index contributed by atoms with van der Waals surface area (Å²) in [5.41, 5.74) is 4.05. The quantitative estimate of drug-likeness (QED) is 0.770. The highest BCUT2D eigenvalue weighted by Crippen LogP contribution is 2.33. The van der Waals surface area contributed by atoms with Crippen LogP contribution in [0.1, 0.15) is 39.5 Å². The SMILES string of the molecule is COc1ccc(C(=O)Nn2c(C)nc3sc4c(c3c2=O)CCCC4)cc1. The van der Waals surface area contributed by atoms with Gasteiger partial charge in [-0.05, 0) is 62.4 Å². The Kier molecular flexibility index (Phi) is 4.24. The molecular weight excluding hydrogens is 350 g/mol. The van der Waals surface area contributed by atoms with Crippen LogP contribution < -0.4 is 15.7 Å². The lowest BCUT2D eigenvalue weighted by Crippen LogP contribution is -2.35. The molecule has 3 aromatic rings. The Morgan fingerprint density at radius 3 is 2.69 bits per heavy atom. The molecule has 26 heavy (non-hydrogen) atoms. The molecule has 0 spiro atoms. The molecule has 0 saturated heterocycles. The first kappa shape index (κ1) is 16.8. The lowest BCUT2D eigenvalue weighted by molar-refractivity contribution is 0.101. The number of ether oxygens (including phenoxy) is 1. The predicted molar refractivity (Wildman–Crippen MR) is 102 cm³/mol. The summed E-state index contributed by atoms with van der Waals surface area (Å²) in [7, 11) is 1.57. The van der Waals surface area contributed by atoms with Gasteiger partial charge in [-0.2, -0.15) is 0 Å². The van der Waals surface area contributed by atoms with Crippen LogP contribution in [0.25, 0.3) is 10.2 Å². The number of benzene rings is 1. The number of carbonyl (C=O) groups excluding carboxylic acids is 1. The number of carbonyl (C=O) groups is 1. The third-order valence-corrected chi connectivity index (χ3v) is 5.91. The minimum absolute atomic E-state index is 0.200. The molecule has 0 fully saturated rings. The predicted octanol–water partition coefficient (Wildman–Crippen LogP) is 3.04. The summed E-state index contributed by atoms with van der Waals surface area (Å²) < 4.78 is 6.36.